The van der Waals surface area contributed by atoms with E-state index in [2.05, 4.69) is 10.3 Å². The molecule has 1 aromatic carbocycles. The number of nitrogens with two attached hydrogens (primary N) is 1. The van der Waals surface area contributed by atoms with E-state index >= 15 is 0 Å². The third kappa shape index (κ3) is 3.34. The molecule has 0 aliphatic heterocycles. The highest BCUT2D eigenvalue weighted by Gasteiger charge is 2.25. The second-order valence-corrected chi connectivity index (χ2v) is 8.10. The number of nitrogens with one attached hydrogen (secondary N) is 1. The standard InChI is InChI=1S/C18H17N3O3S2/c19-16(23)15-10-5-1-4-8-13(10)26-17(15)21-14(22)9-25-18-20-11-6-2-3-7-12(11)24-18/h2-3,6-7H,1,4-5,8-9H2,(H2,19,23)(H,21,22). The van der Waals surface area contributed by atoms with E-state index in [1.807, 2.05) is 24.3 Å². The van der Waals surface area contributed by atoms with Gasteiger partial charge >= 0.3 is 0 Å². The number of aromatic nitrogens is 1. The van der Waals surface area contributed by atoms with Crippen LogP contribution in [0.2, 0.25) is 0 Å². The van der Waals surface area contributed by atoms with Gasteiger partial charge in [-0.05, 0) is 43.4 Å². The van der Waals surface area contributed by atoms with Gasteiger partial charge < -0.3 is 15.5 Å². The summed E-state index contributed by atoms with van der Waals surface area (Å²) in [7, 11) is 0. The highest BCUT2D eigenvalue weighted by Crippen LogP contribution is 2.38. The number of amides is 2. The first-order chi connectivity index (χ1) is 12.6. The van der Waals surface area contributed by atoms with Crippen LogP contribution < -0.4 is 11.1 Å². The Morgan fingerprint density at radius 1 is 1.27 bits per heavy atom. The number of carbonyl (C=O) groups is 2. The summed E-state index contributed by atoms with van der Waals surface area (Å²) in [5.41, 5.74) is 8.49. The lowest BCUT2D eigenvalue weighted by molar-refractivity contribution is -0.113. The van der Waals surface area contributed by atoms with Gasteiger partial charge in [-0.1, -0.05) is 23.9 Å². The molecule has 0 radical (unpaired) electrons. The van der Waals surface area contributed by atoms with Crippen molar-refractivity contribution < 1.29 is 14.0 Å². The molecular formula is C18H17N3O3S2. The Kier molecular flexibility index (Phi) is 4.69. The molecule has 0 saturated carbocycles. The van der Waals surface area contributed by atoms with Crippen molar-refractivity contribution in [3.05, 3.63) is 40.3 Å². The molecule has 1 aliphatic carbocycles. The van der Waals surface area contributed by atoms with Crippen LogP contribution in [0.15, 0.2) is 33.9 Å². The van der Waals surface area contributed by atoms with Gasteiger partial charge in [0.15, 0.2) is 5.58 Å². The van der Waals surface area contributed by atoms with Crippen molar-refractivity contribution in [1.29, 1.82) is 0 Å². The van der Waals surface area contributed by atoms with Gasteiger partial charge in [0.25, 0.3) is 11.1 Å². The summed E-state index contributed by atoms with van der Waals surface area (Å²) < 4.78 is 5.60. The van der Waals surface area contributed by atoms with Crippen LogP contribution in [0.4, 0.5) is 5.00 Å². The molecule has 3 aromatic rings. The van der Waals surface area contributed by atoms with Crippen molar-refractivity contribution in [3.8, 4) is 0 Å². The molecule has 2 heterocycles. The van der Waals surface area contributed by atoms with Crippen LogP contribution in [0.3, 0.4) is 0 Å². The second-order valence-electron chi connectivity index (χ2n) is 6.06. The van der Waals surface area contributed by atoms with Crippen molar-refractivity contribution in [2.24, 2.45) is 5.73 Å². The van der Waals surface area contributed by atoms with Crippen LogP contribution in [0, 0.1) is 0 Å². The number of hydrogen-bond acceptors (Lipinski definition) is 6. The summed E-state index contributed by atoms with van der Waals surface area (Å²) in [6.07, 6.45) is 3.93. The van der Waals surface area contributed by atoms with Gasteiger partial charge in [-0.2, -0.15) is 0 Å². The number of oxazole rings is 1. The molecule has 0 spiro atoms. The Morgan fingerprint density at radius 2 is 2.08 bits per heavy atom. The Morgan fingerprint density at radius 3 is 2.88 bits per heavy atom. The van der Waals surface area contributed by atoms with Crippen LogP contribution >= 0.6 is 23.1 Å². The zero-order valence-electron chi connectivity index (χ0n) is 13.9. The third-order valence-corrected chi connectivity index (χ3v) is 6.31. The lowest BCUT2D eigenvalue weighted by atomic mass is 9.95. The molecule has 0 bridgehead atoms. The van der Waals surface area contributed by atoms with Crippen molar-refractivity contribution in [3.63, 3.8) is 0 Å². The molecule has 26 heavy (non-hydrogen) atoms. The number of nitrogens with zero attached hydrogens (tertiary/aromatic N) is 1. The molecule has 134 valence electrons. The molecule has 6 nitrogen and oxygen atoms in total. The van der Waals surface area contributed by atoms with Gasteiger partial charge in [-0.15, -0.1) is 11.3 Å². The average molecular weight is 387 g/mol. The van der Waals surface area contributed by atoms with Crippen LogP contribution in [0.25, 0.3) is 11.1 Å². The molecule has 0 fully saturated rings. The molecular weight excluding hydrogens is 370 g/mol. The maximum absolute atomic E-state index is 12.3. The van der Waals surface area contributed by atoms with E-state index in [-0.39, 0.29) is 11.7 Å². The quantitative estimate of drug-likeness (QED) is 0.652. The largest absolute Gasteiger partial charge is 0.431 e. The zero-order valence-corrected chi connectivity index (χ0v) is 15.5. The number of primary amides is 1. The molecule has 0 atom stereocenters. The van der Waals surface area contributed by atoms with Crippen LogP contribution in [0.5, 0.6) is 0 Å². The first-order valence-electron chi connectivity index (χ1n) is 8.34. The Balaban J connectivity index is 1.46. The Labute approximate surface area is 158 Å². The number of carbonyl (C=O) groups excluding carboxylic acids is 2. The van der Waals surface area contributed by atoms with E-state index in [1.165, 1.54) is 23.1 Å². The summed E-state index contributed by atoms with van der Waals surface area (Å²) in [5.74, 6) is -0.544. The fourth-order valence-corrected chi connectivity index (χ4v) is 5.07. The fourth-order valence-electron chi connectivity index (χ4n) is 3.12. The van der Waals surface area contributed by atoms with E-state index in [0.717, 1.165) is 41.6 Å². The number of hydrogen-bond donors (Lipinski definition) is 2. The van der Waals surface area contributed by atoms with Crippen molar-refractivity contribution in [1.82, 2.24) is 4.98 Å². The van der Waals surface area contributed by atoms with Gasteiger partial charge in [0.05, 0.1) is 11.3 Å². The van der Waals surface area contributed by atoms with E-state index in [0.29, 0.717) is 21.4 Å². The van der Waals surface area contributed by atoms with Gasteiger partial charge in [0.2, 0.25) is 5.91 Å². The minimum atomic E-state index is -0.480. The molecule has 1 aliphatic rings. The van der Waals surface area contributed by atoms with Gasteiger partial charge in [-0.25, -0.2) is 4.98 Å². The smallest absolute Gasteiger partial charge is 0.257 e. The summed E-state index contributed by atoms with van der Waals surface area (Å²) in [5, 5.41) is 3.85. The molecule has 2 amide bonds. The highest BCUT2D eigenvalue weighted by atomic mass is 32.2. The predicted octanol–water partition coefficient (Wildman–Crippen LogP) is 3.60. The van der Waals surface area contributed by atoms with E-state index in [4.69, 9.17) is 10.2 Å². The minimum absolute atomic E-state index is 0.146. The minimum Gasteiger partial charge on any atom is -0.431 e. The monoisotopic (exact) mass is 387 g/mol. The summed E-state index contributed by atoms with van der Waals surface area (Å²) in [6.45, 7) is 0. The number of rotatable bonds is 5. The van der Waals surface area contributed by atoms with E-state index in [9.17, 15) is 9.59 Å². The van der Waals surface area contributed by atoms with Gasteiger partial charge in [0.1, 0.15) is 10.5 Å². The lowest BCUT2D eigenvalue weighted by Crippen LogP contribution is -2.19. The fraction of sp³-hybridized carbons (Fsp3) is 0.278. The maximum Gasteiger partial charge on any atom is 0.257 e. The first kappa shape index (κ1) is 17.1. The number of aryl methyl sites for hydroxylation is 1. The van der Waals surface area contributed by atoms with Crippen molar-refractivity contribution >= 4 is 51.0 Å². The van der Waals surface area contributed by atoms with Gasteiger partial charge in [-0.3, -0.25) is 9.59 Å². The first-order valence-corrected chi connectivity index (χ1v) is 10.1. The Hall–Kier alpha value is -2.32. The number of benzene rings is 1. The molecule has 0 unspecified atom stereocenters. The summed E-state index contributed by atoms with van der Waals surface area (Å²) in [6, 6.07) is 7.45. The van der Waals surface area contributed by atoms with Crippen LogP contribution in [-0.4, -0.2) is 22.6 Å². The van der Waals surface area contributed by atoms with Crippen LogP contribution in [-0.2, 0) is 17.6 Å². The zero-order chi connectivity index (χ0) is 18.1. The Bertz CT molecular complexity index is 960. The summed E-state index contributed by atoms with van der Waals surface area (Å²) in [4.78, 5) is 29.7. The summed E-state index contributed by atoms with van der Waals surface area (Å²) >= 11 is 2.68. The molecule has 3 N–H and O–H groups in total. The van der Waals surface area contributed by atoms with E-state index < -0.39 is 5.91 Å². The lowest BCUT2D eigenvalue weighted by Gasteiger charge is -2.11. The molecule has 0 saturated heterocycles. The average Bonchev–Trinajstić information content (AvgIpc) is 3.20. The predicted molar refractivity (Wildman–Crippen MR) is 103 cm³/mol. The van der Waals surface area contributed by atoms with Crippen molar-refractivity contribution in [2.45, 2.75) is 30.9 Å². The second kappa shape index (κ2) is 7.13. The van der Waals surface area contributed by atoms with Crippen LogP contribution in [0.1, 0.15) is 33.6 Å². The maximum atomic E-state index is 12.3. The van der Waals surface area contributed by atoms with E-state index in [1.54, 1.807) is 0 Å². The topological polar surface area (TPSA) is 98.2 Å². The third-order valence-electron chi connectivity index (χ3n) is 4.27. The van der Waals surface area contributed by atoms with Crippen molar-refractivity contribution in [2.75, 3.05) is 11.1 Å². The molecule has 4 rings (SSSR count). The number of fused-ring (bicyclic) bond motifs is 2. The number of thiophene rings is 1. The number of thioether (sulfide) groups is 1. The molecule has 2 aromatic heterocycles. The number of para-hydroxylation sites is 2. The molecule has 8 heteroatoms. The highest BCUT2D eigenvalue weighted by molar-refractivity contribution is 7.99. The SMILES string of the molecule is NC(=O)c1c(NC(=O)CSc2nc3ccccc3o2)sc2c1CCCC2. The normalized spacial score (nSPS) is 13.5. The van der Waals surface area contributed by atoms with Gasteiger partial charge in [0, 0.05) is 4.88 Å². The number of anilines is 1.